The van der Waals surface area contributed by atoms with Crippen molar-refractivity contribution in [1.29, 1.82) is 0 Å². The molecule has 1 aliphatic heterocycles. The fourth-order valence-electron chi connectivity index (χ4n) is 2.93. The topological polar surface area (TPSA) is 33.1 Å². The Bertz CT molecular complexity index is 724. The molecule has 2 heterocycles. The quantitative estimate of drug-likeness (QED) is 0.757. The largest absolute Gasteiger partial charge is 0.382 e. The van der Waals surface area contributed by atoms with Crippen LogP contribution in [0, 0.1) is 13.8 Å². The van der Waals surface area contributed by atoms with E-state index in [1.807, 2.05) is 41.9 Å². The third-order valence-electron chi connectivity index (χ3n) is 4.41. The highest BCUT2D eigenvalue weighted by Crippen LogP contribution is 2.32. The first-order valence-corrected chi connectivity index (χ1v) is 9.61. The van der Waals surface area contributed by atoms with Gasteiger partial charge in [-0.25, -0.2) is 4.31 Å². The van der Waals surface area contributed by atoms with Gasteiger partial charge in [-0.1, -0.05) is 23.2 Å². The second-order valence-electron chi connectivity index (χ2n) is 6.19. The van der Waals surface area contributed by atoms with Crippen molar-refractivity contribution in [2.75, 3.05) is 18.4 Å². The van der Waals surface area contributed by atoms with E-state index in [1.165, 1.54) is 10.6 Å². The third kappa shape index (κ3) is 4.02. The highest BCUT2D eigenvalue weighted by atomic mass is 35.5. The van der Waals surface area contributed by atoms with Crippen LogP contribution in [-0.2, 0) is 7.05 Å². The number of nitrogens with zero attached hydrogens (tertiary/aromatic N) is 3. The number of hydrogen-bond acceptors (Lipinski definition) is 4. The number of anilines is 1. The van der Waals surface area contributed by atoms with Crippen molar-refractivity contribution in [2.45, 2.75) is 37.6 Å². The van der Waals surface area contributed by atoms with Crippen LogP contribution in [0.5, 0.6) is 0 Å². The van der Waals surface area contributed by atoms with Crippen LogP contribution < -0.4 is 5.32 Å². The maximum Gasteiger partial charge on any atom is 0.0745 e. The van der Waals surface area contributed by atoms with Crippen LogP contribution in [0.3, 0.4) is 0 Å². The van der Waals surface area contributed by atoms with Crippen LogP contribution in [0.1, 0.15) is 24.2 Å². The summed E-state index contributed by atoms with van der Waals surface area (Å²) in [6.45, 7) is 6.31. The SMILES string of the molecule is Cc1nn(C)c(C)c1SN1CCC(Nc2ccc(Cl)c(Cl)c2)CC1. The summed E-state index contributed by atoms with van der Waals surface area (Å²) in [7, 11) is 2.00. The number of aromatic nitrogens is 2. The van der Waals surface area contributed by atoms with Gasteiger partial charge in [0.15, 0.2) is 0 Å². The Morgan fingerprint density at radius 1 is 1.17 bits per heavy atom. The van der Waals surface area contributed by atoms with E-state index < -0.39 is 0 Å². The number of piperidine rings is 1. The van der Waals surface area contributed by atoms with Gasteiger partial charge in [0.1, 0.15) is 0 Å². The normalized spacial score (nSPS) is 16.5. The molecule has 1 aromatic heterocycles. The monoisotopic (exact) mass is 384 g/mol. The maximum absolute atomic E-state index is 6.09. The number of benzene rings is 1. The number of aryl methyl sites for hydroxylation is 2. The predicted octanol–water partition coefficient (Wildman–Crippen LogP) is 4.93. The summed E-state index contributed by atoms with van der Waals surface area (Å²) >= 11 is 13.9. The molecule has 1 aliphatic rings. The highest BCUT2D eigenvalue weighted by molar-refractivity contribution is 7.97. The maximum atomic E-state index is 6.09. The highest BCUT2D eigenvalue weighted by Gasteiger charge is 2.22. The summed E-state index contributed by atoms with van der Waals surface area (Å²) in [6, 6.07) is 6.19. The van der Waals surface area contributed by atoms with Crippen LogP contribution in [0.2, 0.25) is 10.0 Å². The molecule has 2 aromatic rings. The standard InChI is InChI=1S/C17H22Cl2N4S/c1-11-17(12(2)22(3)21-11)24-23-8-6-13(7-9-23)20-14-4-5-15(18)16(19)10-14/h4-5,10,13,20H,6-9H2,1-3H3. The molecule has 0 aliphatic carbocycles. The number of hydrogen-bond donors (Lipinski definition) is 1. The molecule has 0 atom stereocenters. The Morgan fingerprint density at radius 2 is 1.88 bits per heavy atom. The van der Waals surface area contributed by atoms with Gasteiger partial charge >= 0.3 is 0 Å². The number of halogens is 2. The van der Waals surface area contributed by atoms with E-state index in [2.05, 4.69) is 28.6 Å². The lowest BCUT2D eigenvalue weighted by Gasteiger charge is -2.32. The zero-order valence-electron chi connectivity index (χ0n) is 14.1. The van der Waals surface area contributed by atoms with Crippen molar-refractivity contribution in [3.63, 3.8) is 0 Å². The third-order valence-corrected chi connectivity index (χ3v) is 6.54. The zero-order chi connectivity index (χ0) is 17.3. The molecule has 1 saturated heterocycles. The van der Waals surface area contributed by atoms with Crippen LogP contribution in [0.4, 0.5) is 5.69 Å². The zero-order valence-corrected chi connectivity index (χ0v) is 16.5. The Hall–Kier alpha value is -0.880. The molecule has 3 rings (SSSR count). The molecule has 1 fully saturated rings. The minimum Gasteiger partial charge on any atom is -0.382 e. The molecule has 24 heavy (non-hydrogen) atoms. The van der Waals surface area contributed by atoms with Crippen molar-refractivity contribution < 1.29 is 0 Å². The molecule has 0 unspecified atom stereocenters. The summed E-state index contributed by atoms with van der Waals surface area (Å²) < 4.78 is 4.39. The van der Waals surface area contributed by atoms with Crippen LogP contribution in [-0.4, -0.2) is 33.2 Å². The molecule has 7 heteroatoms. The summed E-state index contributed by atoms with van der Waals surface area (Å²) in [4.78, 5) is 1.29. The smallest absolute Gasteiger partial charge is 0.0745 e. The molecular formula is C17H22Cl2N4S. The molecule has 1 N–H and O–H groups in total. The fourth-order valence-corrected chi connectivity index (χ4v) is 4.32. The van der Waals surface area contributed by atoms with Gasteiger partial charge in [0.05, 0.1) is 26.3 Å². The first kappa shape index (κ1) is 17.9. The van der Waals surface area contributed by atoms with Crippen LogP contribution in [0.15, 0.2) is 23.1 Å². The average Bonchev–Trinajstić information content (AvgIpc) is 2.79. The Labute approximate surface area is 157 Å². The molecule has 4 nitrogen and oxygen atoms in total. The Kier molecular flexibility index (Phi) is 5.65. The first-order chi connectivity index (χ1) is 11.4. The van der Waals surface area contributed by atoms with Gasteiger partial charge in [0.25, 0.3) is 0 Å². The van der Waals surface area contributed by atoms with E-state index in [9.17, 15) is 0 Å². The van der Waals surface area contributed by atoms with E-state index >= 15 is 0 Å². The summed E-state index contributed by atoms with van der Waals surface area (Å²) in [5.74, 6) is 0. The Balaban J connectivity index is 1.55. The van der Waals surface area contributed by atoms with Gasteiger partial charge < -0.3 is 5.32 Å². The lowest BCUT2D eigenvalue weighted by molar-refractivity contribution is 0.358. The van der Waals surface area contributed by atoms with Gasteiger partial charge in [-0.2, -0.15) is 5.10 Å². The van der Waals surface area contributed by atoms with Crippen molar-refractivity contribution in [1.82, 2.24) is 14.1 Å². The number of rotatable bonds is 4. The molecule has 1 aromatic carbocycles. The van der Waals surface area contributed by atoms with Gasteiger partial charge in [-0.15, -0.1) is 0 Å². The number of nitrogens with one attached hydrogen (secondary N) is 1. The van der Waals surface area contributed by atoms with Gasteiger partial charge in [0.2, 0.25) is 0 Å². The van der Waals surface area contributed by atoms with E-state index in [4.69, 9.17) is 23.2 Å². The molecular weight excluding hydrogens is 363 g/mol. The molecule has 0 radical (unpaired) electrons. The summed E-state index contributed by atoms with van der Waals surface area (Å²) in [5, 5.41) is 9.25. The van der Waals surface area contributed by atoms with E-state index in [0.717, 1.165) is 37.3 Å². The van der Waals surface area contributed by atoms with Gasteiger partial charge in [-0.3, -0.25) is 4.68 Å². The molecule has 0 amide bonds. The summed E-state index contributed by atoms with van der Waals surface area (Å²) in [5.41, 5.74) is 3.37. The van der Waals surface area contributed by atoms with Gasteiger partial charge in [-0.05, 0) is 56.8 Å². The van der Waals surface area contributed by atoms with E-state index in [-0.39, 0.29) is 0 Å². The van der Waals surface area contributed by atoms with E-state index in [1.54, 1.807) is 0 Å². The fraction of sp³-hybridized carbons (Fsp3) is 0.471. The molecule has 0 spiro atoms. The van der Waals surface area contributed by atoms with E-state index in [0.29, 0.717) is 16.1 Å². The minimum absolute atomic E-state index is 0.468. The first-order valence-electron chi connectivity index (χ1n) is 8.08. The lowest BCUT2D eigenvalue weighted by Crippen LogP contribution is -2.35. The van der Waals surface area contributed by atoms with Crippen molar-refractivity contribution in [3.05, 3.63) is 39.6 Å². The average molecular weight is 385 g/mol. The van der Waals surface area contributed by atoms with Gasteiger partial charge in [0, 0.05) is 31.9 Å². The molecule has 0 bridgehead atoms. The van der Waals surface area contributed by atoms with Crippen LogP contribution >= 0.6 is 35.1 Å². The van der Waals surface area contributed by atoms with Crippen molar-refractivity contribution >= 4 is 40.8 Å². The lowest BCUT2D eigenvalue weighted by atomic mass is 10.1. The predicted molar refractivity (Wildman–Crippen MR) is 103 cm³/mol. The minimum atomic E-state index is 0.468. The Morgan fingerprint density at radius 3 is 2.46 bits per heavy atom. The molecule has 130 valence electrons. The van der Waals surface area contributed by atoms with Crippen molar-refractivity contribution in [2.24, 2.45) is 7.05 Å². The second-order valence-corrected chi connectivity index (χ2v) is 8.11. The summed E-state index contributed by atoms with van der Waals surface area (Å²) in [6.07, 6.45) is 2.21. The molecule has 0 saturated carbocycles. The van der Waals surface area contributed by atoms with Crippen molar-refractivity contribution in [3.8, 4) is 0 Å². The van der Waals surface area contributed by atoms with Crippen LogP contribution in [0.25, 0.3) is 0 Å². The second kappa shape index (κ2) is 7.56.